The molecule has 1 aliphatic rings. The first kappa shape index (κ1) is 25.0. The van der Waals surface area contributed by atoms with Crippen LogP contribution in [0.3, 0.4) is 0 Å². The molecule has 0 atom stereocenters. The molecule has 1 aromatic heterocycles. The van der Waals surface area contributed by atoms with Gasteiger partial charge in [0.25, 0.3) is 5.56 Å². The highest BCUT2D eigenvalue weighted by molar-refractivity contribution is 9.10. The number of hydrogen-bond donors (Lipinski definition) is 2. The lowest BCUT2D eigenvalue weighted by atomic mass is 10.1. The quantitative estimate of drug-likeness (QED) is 0.443. The van der Waals surface area contributed by atoms with Gasteiger partial charge in [0.05, 0.1) is 29.5 Å². The summed E-state index contributed by atoms with van der Waals surface area (Å²) in [4.78, 5) is 31.5. The van der Waals surface area contributed by atoms with E-state index >= 15 is 0 Å². The van der Waals surface area contributed by atoms with Gasteiger partial charge >= 0.3 is 5.69 Å². The SMILES string of the molecule is CCc1cc(Br)ccc1-n1c(O)c(C=Nc2ccc(S(=O)(=O)N3CCOCC3)cc2)c(=O)[nH]c1=O. The van der Waals surface area contributed by atoms with E-state index in [-0.39, 0.29) is 23.5 Å². The van der Waals surface area contributed by atoms with Crippen molar-refractivity contribution in [1.82, 2.24) is 13.9 Å². The number of ether oxygens (including phenoxy) is 1. The van der Waals surface area contributed by atoms with Crippen LogP contribution in [0.15, 0.2) is 66.4 Å². The number of sulfonamides is 1. The smallest absolute Gasteiger partial charge is 0.335 e. The van der Waals surface area contributed by atoms with Crippen molar-refractivity contribution >= 4 is 37.9 Å². The molecule has 35 heavy (non-hydrogen) atoms. The topological polar surface area (TPSA) is 134 Å². The van der Waals surface area contributed by atoms with E-state index in [0.29, 0.717) is 31.0 Å². The summed E-state index contributed by atoms with van der Waals surface area (Å²) >= 11 is 3.39. The number of aromatic hydroxyl groups is 1. The monoisotopic (exact) mass is 562 g/mol. The molecule has 0 bridgehead atoms. The molecule has 0 saturated carbocycles. The Bertz CT molecular complexity index is 1490. The van der Waals surface area contributed by atoms with E-state index in [1.807, 2.05) is 13.0 Å². The predicted octanol–water partition coefficient (Wildman–Crippen LogP) is 2.33. The fraction of sp³-hybridized carbons (Fsp3) is 0.261. The first-order chi connectivity index (χ1) is 16.7. The number of aromatic nitrogens is 2. The van der Waals surface area contributed by atoms with Gasteiger partial charge in [-0.15, -0.1) is 0 Å². The van der Waals surface area contributed by atoms with Crippen molar-refractivity contribution < 1.29 is 18.3 Å². The van der Waals surface area contributed by atoms with Gasteiger partial charge in [-0.3, -0.25) is 14.8 Å². The summed E-state index contributed by atoms with van der Waals surface area (Å²) in [6.45, 7) is 3.18. The Hall–Kier alpha value is -3.06. The highest BCUT2D eigenvalue weighted by Gasteiger charge is 2.26. The molecule has 0 aliphatic carbocycles. The molecule has 12 heteroatoms. The van der Waals surface area contributed by atoms with E-state index in [1.54, 1.807) is 12.1 Å². The van der Waals surface area contributed by atoms with E-state index in [9.17, 15) is 23.1 Å². The average Bonchev–Trinajstić information content (AvgIpc) is 2.85. The summed E-state index contributed by atoms with van der Waals surface area (Å²) in [7, 11) is -3.65. The zero-order valence-corrected chi connectivity index (χ0v) is 21.2. The largest absolute Gasteiger partial charge is 0.493 e. The summed E-state index contributed by atoms with van der Waals surface area (Å²) in [5.74, 6) is -0.550. The fourth-order valence-corrected chi connectivity index (χ4v) is 5.53. The zero-order valence-electron chi connectivity index (χ0n) is 18.8. The third kappa shape index (κ3) is 5.15. The Morgan fingerprint density at radius 2 is 1.83 bits per heavy atom. The second-order valence-electron chi connectivity index (χ2n) is 7.73. The number of rotatable bonds is 6. The number of halogens is 1. The molecule has 2 aromatic carbocycles. The van der Waals surface area contributed by atoms with Gasteiger partial charge in [0.15, 0.2) is 0 Å². The number of nitrogens with one attached hydrogen (secondary N) is 1. The summed E-state index contributed by atoms with van der Waals surface area (Å²) in [6.07, 6.45) is 1.73. The maximum absolute atomic E-state index is 12.8. The van der Waals surface area contributed by atoms with E-state index in [0.717, 1.165) is 20.8 Å². The first-order valence-corrected chi connectivity index (χ1v) is 13.0. The van der Waals surface area contributed by atoms with Crippen LogP contribution in [0.1, 0.15) is 18.1 Å². The molecule has 1 saturated heterocycles. The van der Waals surface area contributed by atoms with Crippen LogP contribution in [0.5, 0.6) is 5.88 Å². The molecule has 4 rings (SSSR count). The second-order valence-corrected chi connectivity index (χ2v) is 10.6. The summed E-state index contributed by atoms with van der Waals surface area (Å²) in [5.41, 5.74) is -0.209. The number of aromatic amines is 1. The Balaban J connectivity index is 1.66. The van der Waals surface area contributed by atoms with Gasteiger partial charge in [0, 0.05) is 23.8 Å². The van der Waals surface area contributed by atoms with E-state index in [2.05, 4.69) is 25.9 Å². The van der Waals surface area contributed by atoms with Crippen LogP contribution in [0.25, 0.3) is 5.69 Å². The highest BCUT2D eigenvalue weighted by Crippen LogP contribution is 2.24. The lowest BCUT2D eigenvalue weighted by Crippen LogP contribution is -2.40. The van der Waals surface area contributed by atoms with Crippen LogP contribution >= 0.6 is 15.9 Å². The van der Waals surface area contributed by atoms with Crippen molar-refractivity contribution in [3.63, 3.8) is 0 Å². The number of benzene rings is 2. The number of hydrogen-bond acceptors (Lipinski definition) is 7. The standard InChI is InChI=1S/C23H23BrN4O6S/c1-2-15-13-16(24)3-8-20(15)28-22(30)19(21(29)26-23(28)31)14-25-17-4-6-18(7-5-17)35(32,33)27-9-11-34-12-10-27/h3-8,13-14,30H,2,9-12H2,1H3,(H,26,29,31). The number of aryl methyl sites for hydroxylation is 1. The molecule has 10 nitrogen and oxygen atoms in total. The minimum atomic E-state index is -3.65. The Labute approximate surface area is 209 Å². The van der Waals surface area contributed by atoms with Crippen LogP contribution in [-0.4, -0.2) is 59.9 Å². The number of nitrogens with zero attached hydrogens (tertiary/aromatic N) is 3. The normalized spacial score (nSPS) is 15.0. The molecular formula is C23H23BrN4O6S. The van der Waals surface area contributed by atoms with Crippen LogP contribution in [-0.2, 0) is 21.2 Å². The third-order valence-electron chi connectivity index (χ3n) is 5.57. The van der Waals surface area contributed by atoms with Gasteiger partial charge in [-0.1, -0.05) is 22.9 Å². The number of morpholine rings is 1. The molecule has 1 fully saturated rings. The highest BCUT2D eigenvalue weighted by atomic mass is 79.9. The average molecular weight is 563 g/mol. The van der Waals surface area contributed by atoms with Crippen molar-refractivity contribution in [2.45, 2.75) is 18.2 Å². The first-order valence-electron chi connectivity index (χ1n) is 10.8. The summed E-state index contributed by atoms with van der Waals surface area (Å²) in [5, 5.41) is 10.8. The Morgan fingerprint density at radius 3 is 2.49 bits per heavy atom. The maximum atomic E-state index is 12.8. The van der Waals surface area contributed by atoms with Crippen LogP contribution in [0.4, 0.5) is 5.69 Å². The van der Waals surface area contributed by atoms with Gasteiger partial charge in [-0.2, -0.15) is 4.31 Å². The minimum Gasteiger partial charge on any atom is -0.493 e. The van der Waals surface area contributed by atoms with E-state index in [4.69, 9.17) is 4.74 Å². The molecule has 0 spiro atoms. The van der Waals surface area contributed by atoms with Crippen molar-refractivity contribution in [3.05, 3.63) is 78.9 Å². The second kappa shape index (κ2) is 10.3. The predicted molar refractivity (Wildman–Crippen MR) is 135 cm³/mol. The molecule has 0 unspecified atom stereocenters. The molecule has 0 amide bonds. The van der Waals surface area contributed by atoms with Crippen molar-refractivity contribution in [2.75, 3.05) is 26.3 Å². The van der Waals surface area contributed by atoms with E-state index < -0.39 is 27.2 Å². The van der Waals surface area contributed by atoms with Crippen LogP contribution < -0.4 is 11.2 Å². The van der Waals surface area contributed by atoms with Gasteiger partial charge < -0.3 is 9.84 Å². The molecule has 2 N–H and O–H groups in total. The molecule has 1 aliphatic heterocycles. The molecule has 3 aromatic rings. The maximum Gasteiger partial charge on any atom is 0.335 e. The Morgan fingerprint density at radius 1 is 1.14 bits per heavy atom. The lowest BCUT2D eigenvalue weighted by Gasteiger charge is -2.26. The lowest BCUT2D eigenvalue weighted by molar-refractivity contribution is 0.0730. The van der Waals surface area contributed by atoms with Crippen molar-refractivity contribution in [1.29, 1.82) is 0 Å². The molecular weight excluding hydrogens is 540 g/mol. The van der Waals surface area contributed by atoms with Gasteiger partial charge in [0.1, 0.15) is 5.56 Å². The minimum absolute atomic E-state index is 0.120. The summed E-state index contributed by atoms with van der Waals surface area (Å²) < 4.78 is 33.9. The summed E-state index contributed by atoms with van der Waals surface area (Å²) in [6, 6.07) is 11.1. The molecule has 0 radical (unpaired) electrons. The van der Waals surface area contributed by atoms with Gasteiger partial charge in [0.2, 0.25) is 15.9 Å². The van der Waals surface area contributed by atoms with Crippen LogP contribution in [0, 0.1) is 0 Å². The number of H-pyrrole nitrogens is 1. The fourth-order valence-electron chi connectivity index (χ4n) is 3.71. The zero-order chi connectivity index (χ0) is 25.2. The Kier molecular flexibility index (Phi) is 7.36. The third-order valence-corrected chi connectivity index (χ3v) is 7.98. The number of aliphatic imine (C=N–C) groups is 1. The molecule has 184 valence electrons. The van der Waals surface area contributed by atoms with Gasteiger partial charge in [-0.25, -0.2) is 17.8 Å². The van der Waals surface area contributed by atoms with Crippen molar-refractivity contribution in [2.24, 2.45) is 4.99 Å². The van der Waals surface area contributed by atoms with Crippen LogP contribution in [0.2, 0.25) is 0 Å². The van der Waals surface area contributed by atoms with Crippen molar-refractivity contribution in [3.8, 4) is 11.6 Å². The molecule has 2 heterocycles. The van der Waals surface area contributed by atoms with E-state index in [1.165, 1.54) is 28.6 Å². The van der Waals surface area contributed by atoms with Gasteiger partial charge in [-0.05, 0) is 54.4 Å².